The highest BCUT2D eigenvalue weighted by Gasteiger charge is 2.14. The largest absolute Gasteiger partial charge is 0.368 e. The van der Waals surface area contributed by atoms with E-state index in [2.05, 4.69) is 39.2 Å². The number of nitrogens with zero attached hydrogens (tertiary/aromatic N) is 7. The van der Waals surface area contributed by atoms with Crippen molar-refractivity contribution in [3.63, 3.8) is 0 Å². The topological polar surface area (TPSA) is 100 Å². The van der Waals surface area contributed by atoms with Crippen molar-refractivity contribution in [2.24, 2.45) is 0 Å². The van der Waals surface area contributed by atoms with E-state index in [9.17, 15) is 0 Å². The number of aryl methyl sites for hydroxylation is 1. The van der Waals surface area contributed by atoms with Crippen molar-refractivity contribution in [3.05, 3.63) is 47.9 Å². The number of nitrogen functional groups attached to an aromatic ring is 1. The molecule has 0 bridgehead atoms. The Hall–Kier alpha value is -3.29. The van der Waals surface area contributed by atoms with Crippen LogP contribution in [-0.4, -0.2) is 34.7 Å². The van der Waals surface area contributed by atoms with Crippen molar-refractivity contribution in [1.82, 2.24) is 34.7 Å². The molecule has 0 aliphatic carbocycles. The summed E-state index contributed by atoms with van der Waals surface area (Å²) in [6, 6.07) is 8.23. The van der Waals surface area contributed by atoms with Crippen molar-refractivity contribution < 1.29 is 0 Å². The Morgan fingerprint density at radius 3 is 2.81 bits per heavy atom. The van der Waals surface area contributed by atoms with E-state index in [4.69, 9.17) is 5.73 Å². The molecule has 132 valence electrons. The molecule has 8 heteroatoms. The molecular formula is C18H20N8. The third kappa shape index (κ3) is 2.79. The number of anilines is 1. The Balaban J connectivity index is 1.74. The molecule has 8 nitrogen and oxygen atoms in total. The maximum Gasteiger partial charge on any atom is 0.221 e. The van der Waals surface area contributed by atoms with Crippen molar-refractivity contribution >= 4 is 16.9 Å². The van der Waals surface area contributed by atoms with Gasteiger partial charge >= 0.3 is 0 Å². The quantitative estimate of drug-likeness (QED) is 0.608. The number of para-hydroxylation sites is 1. The first kappa shape index (κ1) is 16.2. The molecule has 2 N–H and O–H groups in total. The number of fused-ring (bicyclic) bond motifs is 1. The van der Waals surface area contributed by atoms with Crippen molar-refractivity contribution in [1.29, 1.82) is 0 Å². The molecular weight excluding hydrogens is 328 g/mol. The first-order valence-corrected chi connectivity index (χ1v) is 8.48. The Morgan fingerprint density at radius 1 is 1.15 bits per heavy atom. The maximum absolute atomic E-state index is 5.91. The smallest absolute Gasteiger partial charge is 0.221 e. The molecule has 0 spiro atoms. The van der Waals surface area contributed by atoms with Crippen LogP contribution in [0, 0.1) is 6.92 Å². The van der Waals surface area contributed by atoms with Gasteiger partial charge in [0.25, 0.3) is 0 Å². The van der Waals surface area contributed by atoms with Crippen LogP contribution in [0.25, 0.3) is 22.3 Å². The van der Waals surface area contributed by atoms with Gasteiger partial charge in [-0.1, -0.05) is 23.4 Å². The van der Waals surface area contributed by atoms with Crippen molar-refractivity contribution in [2.75, 3.05) is 5.73 Å². The zero-order valence-corrected chi connectivity index (χ0v) is 15.0. The van der Waals surface area contributed by atoms with E-state index >= 15 is 0 Å². The zero-order chi connectivity index (χ0) is 18.3. The van der Waals surface area contributed by atoms with Gasteiger partial charge in [-0.3, -0.25) is 4.68 Å². The highest BCUT2D eigenvalue weighted by molar-refractivity contribution is 5.93. The molecule has 0 fully saturated rings. The van der Waals surface area contributed by atoms with Gasteiger partial charge in [0.15, 0.2) is 0 Å². The minimum absolute atomic E-state index is 0.231. The monoisotopic (exact) mass is 348 g/mol. The van der Waals surface area contributed by atoms with E-state index in [1.165, 1.54) is 0 Å². The van der Waals surface area contributed by atoms with Crippen LogP contribution in [0.5, 0.6) is 0 Å². The van der Waals surface area contributed by atoms with Crippen LogP contribution in [0.4, 0.5) is 5.95 Å². The average Bonchev–Trinajstić information content (AvgIpc) is 3.25. The minimum Gasteiger partial charge on any atom is -0.368 e. The maximum atomic E-state index is 5.91. The molecule has 3 aromatic heterocycles. The second kappa shape index (κ2) is 6.21. The molecule has 0 radical (unpaired) electrons. The summed E-state index contributed by atoms with van der Waals surface area (Å²) in [6.07, 6.45) is 3.68. The summed E-state index contributed by atoms with van der Waals surface area (Å²) in [5.41, 5.74) is 10.2. The molecule has 0 saturated heterocycles. The number of hydrogen-bond donors (Lipinski definition) is 1. The second-order valence-electron chi connectivity index (χ2n) is 6.56. The Labute approximate surface area is 150 Å². The van der Waals surface area contributed by atoms with Crippen LogP contribution < -0.4 is 5.73 Å². The van der Waals surface area contributed by atoms with E-state index in [0.717, 1.165) is 22.2 Å². The Bertz CT molecular complexity index is 1080. The second-order valence-corrected chi connectivity index (χ2v) is 6.56. The van der Waals surface area contributed by atoms with E-state index in [1.54, 1.807) is 10.9 Å². The van der Waals surface area contributed by atoms with Crippen LogP contribution in [0.3, 0.4) is 0 Å². The van der Waals surface area contributed by atoms with E-state index < -0.39 is 0 Å². The molecule has 0 saturated carbocycles. The standard InChI is InChI=1S/C18H20N8/c1-11(2)26-13(7-8-20-26)9-25-10-15(23-24-25)17-14-6-4-5-12(3)16(14)21-18(19)22-17/h4-8,10-11H,9H2,1-3H3,(H2,19,21,22). The predicted octanol–water partition coefficient (Wildman–Crippen LogP) is 2.60. The van der Waals surface area contributed by atoms with Crippen LogP contribution >= 0.6 is 0 Å². The third-order valence-corrected chi connectivity index (χ3v) is 4.29. The summed E-state index contributed by atoms with van der Waals surface area (Å²) >= 11 is 0. The van der Waals surface area contributed by atoms with Gasteiger partial charge < -0.3 is 5.73 Å². The van der Waals surface area contributed by atoms with E-state index in [-0.39, 0.29) is 12.0 Å². The number of hydrogen-bond acceptors (Lipinski definition) is 6. The molecule has 4 aromatic rings. The first-order valence-electron chi connectivity index (χ1n) is 8.48. The van der Waals surface area contributed by atoms with Crippen LogP contribution in [0.1, 0.15) is 31.1 Å². The highest BCUT2D eigenvalue weighted by atomic mass is 15.4. The van der Waals surface area contributed by atoms with Crippen LogP contribution in [0.15, 0.2) is 36.7 Å². The minimum atomic E-state index is 0.231. The fourth-order valence-corrected chi connectivity index (χ4v) is 3.09. The molecule has 1 aromatic carbocycles. The average molecular weight is 348 g/mol. The van der Waals surface area contributed by atoms with Gasteiger partial charge in [0, 0.05) is 17.6 Å². The molecule has 0 atom stereocenters. The molecule has 3 heterocycles. The Kier molecular flexibility index (Phi) is 3.87. The summed E-state index contributed by atoms with van der Waals surface area (Å²) in [4.78, 5) is 8.76. The van der Waals surface area contributed by atoms with Gasteiger partial charge in [-0.15, -0.1) is 5.10 Å². The number of nitrogens with two attached hydrogens (primary N) is 1. The summed E-state index contributed by atoms with van der Waals surface area (Å²) in [5, 5.41) is 13.8. The number of aromatic nitrogens is 7. The van der Waals surface area contributed by atoms with Gasteiger partial charge in [-0.05, 0) is 32.4 Å². The lowest BCUT2D eigenvalue weighted by molar-refractivity contribution is 0.490. The van der Waals surface area contributed by atoms with E-state index in [1.807, 2.05) is 42.1 Å². The van der Waals surface area contributed by atoms with Gasteiger partial charge in [0.1, 0.15) is 11.4 Å². The summed E-state index contributed by atoms with van der Waals surface area (Å²) in [5.74, 6) is 0.231. The van der Waals surface area contributed by atoms with Crippen molar-refractivity contribution in [2.45, 2.75) is 33.4 Å². The lowest BCUT2D eigenvalue weighted by atomic mass is 10.1. The van der Waals surface area contributed by atoms with Gasteiger partial charge in [-0.2, -0.15) is 5.10 Å². The molecule has 0 amide bonds. The molecule has 4 rings (SSSR count). The van der Waals surface area contributed by atoms with Gasteiger partial charge in [0.05, 0.1) is 24.0 Å². The van der Waals surface area contributed by atoms with E-state index in [0.29, 0.717) is 17.9 Å². The third-order valence-electron chi connectivity index (χ3n) is 4.29. The fraction of sp³-hybridized carbons (Fsp3) is 0.278. The van der Waals surface area contributed by atoms with Crippen molar-refractivity contribution in [3.8, 4) is 11.4 Å². The SMILES string of the molecule is Cc1cccc2c(-c3cn(Cc4ccnn4C(C)C)nn3)nc(N)nc12. The molecule has 26 heavy (non-hydrogen) atoms. The first-order chi connectivity index (χ1) is 12.5. The van der Waals surface area contributed by atoms with Gasteiger partial charge in [0.2, 0.25) is 5.95 Å². The zero-order valence-electron chi connectivity index (χ0n) is 15.0. The number of benzene rings is 1. The highest BCUT2D eigenvalue weighted by Crippen LogP contribution is 2.27. The lowest BCUT2D eigenvalue weighted by Gasteiger charge is -2.10. The summed E-state index contributed by atoms with van der Waals surface area (Å²) in [6.45, 7) is 6.79. The number of rotatable bonds is 4. The molecule has 0 unspecified atom stereocenters. The predicted molar refractivity (Wildman–Crippen MR) is 99.4 cm³/mol. The normalized spacial score (nSPS) is 11.5. The van der Waals surface area contributed by atoms with Crippen LogP contribution in [0.2, 0.25) is 0 Å². The molecule has 0 aliphatic rings. The summed E-state index contributed by atoms with van der Waals surface area (Å²) < 4.78 is 3.76. The summed E-state index contributed by atoms with van der Waals surface area (Å²) in [7, 11) is 0. The van der Waals surface area contributed by atoms with Crippen LogP contribution in [-0.2, 0) is 6.54 Å². The molecule has 0 aliphatic heterocycles. The Morgan fingerprint density at radius 2 is 2.00 bits per heavy atom. The van der Waals surface area contributed by atoms with Gasteiger partial charge in [-0.25, -0.2) is 14.6 Å². The fourth-order valence-electron chi connectivity index (χ4n) is 3.09. The lowest BCUT2D eigenvalue weighted by Crippen LogP contribution is -2.11.